The van der Waals surface area contributed by atoms with Gasteiger partial charge in [-0.1, -0.05) is 12.1 Å². The molecule has 0 bridgehead atoms. The van der Waals surface area contributed by atoms with Gasteiger partial charge in [0.25, 0.3) is 0 Å². The fourth-order valence-corrected chi connectivity index (χ4v) is 2.70. The summed E-state index contributed by atoms with van der Waals surface area (Å²) < 4.78 is 16.5. The lowest BCUT2D eigenvalue weighted by Gasteiger charge is -2.12. The van der Waals surface area contributed by atoms with Crippen molar-refractivity contribution in [3.63, 3.8) is 0 Å². The maximum absolute atomic E-state index is 12.2. The summed E-state index contributed by atoms with van der Waals surface area (Å²) in [7, 11) is 0. The summed E-state index contributed by atoms with van der Waals surface area (Å²) in [5.74, 6) is 0.615. The molecule has 0 radical (unpaired) electrons. The third-order valence-electron chi connectivity index (χ3n) is 3.80. The lowest BCUT2D eigenvalue weighted by molar-refractivity contribution is -0.138. The van der Waals surface area contributed by atoms with Crippen LogP contribution in [0.15, 0.2) is 52.7 Å². The lowest BCUT2D eigenvalue weighted by Crippen LogP contribution is -2.12. The minimum absolute atomic E-state index is 0.169. The summed E-state index contributed by atoms with van der Waals surface area (Å²) in [6.45, 7) is 2.09. The Bertz CT molecular complexity index is 782. The zero-order valence-electron chi connectivity index (χ0n) is 13.3. The van der Waals surface area contributed by atoms with E-state index in [4.69, 9.17) is 19.2 Å². The van der Waals surface area contributed by atoms with Crippen LogP contribution in [0.3, 0.4) is 0 Å². The highest BCUT2D eigenvalue weighted by molar-refractivity contribution is 5.96. The van der Waals surface area contributed by atoms with Crippen molar-refractivity contribution in [2.24, 2.45) is 0 Å². The number of hydrogen-bond donors (Lipinski definition) is 0. The second-order valence-electron chi connectivity index (χ2n) is 5.46. The highest BCUT2D eigenvalue weighted by Crippen LogP contribution is 2.35. The van der Waals surface area contributed by atoms with Gasteiger partial charge in [0.15, 0.2) is 11.5 Å². The molecular formula is C19H17NO4. The van der Waals surface area contributed by atoms with Crippen molar-refractivity contribution in [2.75, 3.05) is 6.61 Å². The van der Waals surface area contributed by atoms with Crippen LogP contribution >= 0.6 is 0 Å². The standard InChI is InChI=1S/C19H17NO4/c1-2-22-19(21)16-11-15(24-18(16)17-4-3-9-23-17)10-13-5-7-14(12-20)8-6-13/h3-9,15H,2,10-11H2,1H3. The number of carbonyl (C=O) groups excluding carboxylic acids is 1. The van der Waals surface area contributed by atoms with Gasteiger partial charge in [-0.2, -0.15) is 5.26 Å². The Morgan fingerprint density at radius 3 is 2.75 bits per heavy atom. The normalized spacial score (nSPS) is 16.6. The minimum atomic E-state index is -0.369. The van der Waals surface area contributed by atoms with E-state index >= 15 is 0 Å². The number of ether oxygens (including phenoxy) is 2. The molecule has 1 aromatic heterocycles. The van der Waals surface area contributed by atoms with Crippen LogP contribution in [0.5, 0.6) is 0 Å². The van der Waals surface area contributed by atoms with E-state index in [0.29, 0.717) is 42.1 Å². The van der Waals surface area contributed by atoms with Crippen molar-refractivity contribution in [3.8, 4) is 6.07 Å². The van der Waals surface area contributed by atoms with Crippen LogP contribution in [0.25, 0.3) is 5.76 Å². The maximum atomic E-state index is 12.2. The topological polar surface area (TPSA) is 72.5 Å². The number of esters is 1. The molecule has 2 aromatic rings. The number of hydrogen-bond acceptors (Lipinski definition) is 5. The molecule has 5 nitrogen and oxygen atoms in total. The van der Waals surface area contributed by atoms with Gasteiger partial charge in [0.2, 0.25) is 0 Å². The van der Waals surface area contributed by atoms with E-state index in [1.165, 1.54) is 0 Å². The quantitative estimate of drug-likeness (QED) is 0.788. The Kier molecular flexibility index (Phi) is 4.66. The predicted octanol–water partition coefficient (Wildman–Crippen LogP) is 3.46. The molecular weight excluding hydrogens is 306 g/mol. The van der Waals surface area contributed by atoms with Crippen molar-refractivity contribution < 1.29 is 18.7 Å². The second kappa shape index (κ2) is 7.05. The van der Waals surface area contributed by atoms with Gasteiger partial charge in [-0.05, 0) is 36.8 Å². The largest absolute Gasteiger partial charge is 0.485 e. The lowest BCUT2D eigenvalue weighted by atomic mass is 10.0. The maximum Gasteiger partial charge on any atom is 0.338 e. The van der Waals surface area contributed by atoms with Crippen molar-refractivity contribution >= 4 is 11.7 Å². The number of benzene rings is 1. The van der Waals surface area contributed by atoms with E-state index in [1.807, 2.05) is 12.1 Å². The third-order valence-corrected chi connectivity index (χ3v) is 3.80. The molecule has 3 rings (SSSR count). The molecule has 1 unspecified atom stereocenters. The van der Waals surface area contributed by atoms with E-state index < -0.39 is 0 Å². The fourth-order valence-electron chi connectivity index (χ4n) is 2.70. The molecule has 1 atom stereocenters. The van der Waals surface area contributed by atoms with Crippen LogP contribution in [0.1, 0.15) is 30.2 Å². The van der Waals surface area contributed by atoms with Gasteiger partial charge < -0.3 is 13.9 Å². The van der Waals surface area contributed by atoms with Gasteiger partial charge in [0.1, 0.15) is 6.10 Å². The first kappa shape index (κ1) is 15.9. The molecule has 0 saturated heterocycles. The average molecular weight is 323 g/mol. The van der Waals surface area contributed by atoms with Crippen LogP contribution in [0, 0.1) is 11.3 Å². The molecule has 1 aromatic carbocycles. The van der Waals surface area contributed by atoms with E-state index in [2.05, 4.69) is 6.07 Å². The second-order valence-corrected chi connectivity index (χ2v) is 5.46. The highest BCUT2D eigenvalue weighted by atomic mass is 16.5. The van der Waals surface area contributed by atoms with Crippen LogP contribution in [0.2, 0.25) is 0 Å². The van der Waals surface area contributed by atoms with Crippen molar-refractivity contribution in [3.05, 3.63) is 65.1 Å². The van der Waals surface area contributed by atoms with Gasteiger partial charge in [0.05, 0.1) is 30.1 Å². The summed E-state index contributed by atoms with van der Waals surface area (Å²) in [5.41, 5.74) is 2.17. The molecule has 0 saturated carbocycles. The van der Waals surface area contributed by atoms with E-state index in [9.17, 15) is 4.79 Å². The fraction of sp³-hybridized carbons (Fsp3) is 0.263. The molecule has 0 spiro atoms. The molecule has 2 heterocycles. The first-order valence-corrected chi connectivity index (χ1v) is 7.81. The summed E-state index contributed by atoms with van der Waals surface area (Å²) in [4.78, 5) is 12.2. The number of carbonyl (C=O) groups is 1. The van der Waals surface area contributed by atoms with Gasteiger partial charge in [0, 0.05) is 12.8 Å². The Balaban J connectivity index is 1.77. The van der Waals surface area contributed by atoms with Crippen LogP contribution < -0.4 is 0 Å². The monoisotopic (exact) mass is 323 g/mol. The molecule has 1 aliphatic rings. The Morgan fingerprint density at radius 2 is 2.12 bits per heavy atom. The highest BCUT2D eigenvalue weighted by Gasteiger charge is 2.33. The van der Waals surface area contributed by atoms with Gasteiger partial charge in [-0.25, -0.2) is 4.79 Å². The van der Waals surface area contributed by atoms with Crippen LogP contribution in [-0.4, -0.2) is 18.7 Å². The molecule has 0 fully saturated rings. The zero-order valence-corrected chi connectivity index (χ0v) is 13.3. The molecule has 24 heavy (non-hydrogen) atoms. The predicted molar refractivity (Wildman–Crippen MR) is 86.6 cm³/mol. The molecule has 5 heteroatoms. The van der Waals surface area contributed by atoms with Gasteiger partial charge in [-0.15, -0.1) is 0 Å². The molecule has 0 amide bonds. The number of furan rings is 1. The molecule has 0 N–H and O–H groups in total. The molecule has 1 aliphatic heterocycles. The first-order valence-electron chi connectivity index (χ1n) is 7.81. The third kappa shape index (κ3) is 3.33. The Morgan fingerprint density at radius 1 is 1.33 bits per heavy atom. The summed E-state index contributed by atoms with van der Waals surface area (Å²) in [6, 6.07) is 13.0. The van der Waals surface area contributed by atoms with Crippen LogP contribution in [-0.2, 0) is 20.7 Å². The molecule has 122 valence electrons. The van der Waals surface area contributed by atoms with Crippen molar-refractivity contribution in [1.29, 1.82) is 5.26 Å². The van der Waals surface area contributed by atoms with Gasteiger partial charge >= 0.3 is 5.97 Å². The average Bonchev–Trinajstić information content (AvgIpc) is 3.25. The Hall–Kier alpha value is -3.00. The Labute approximate surface area is 140 Å². The summed E-state index contributed by atoms with van der Waals surface area (Å²) >= 11 is 0. The summed E-state index contributed by atoms with van der Waals surface area (Å²) in [5, 5.41) is 8.86. The number of nitriles is 1. The summed E-state index contributed by atoms with van der Waals surface area (Å²) in [6.07, 6.45) is 2.48. The van der Waals surface area contributed by atoms with Gasteiger partial charge in [-0.3, -0.25) is 0 Å². The van der Waals surface area contributed by atoms with E-state index in [1.54, 1.807) is 37.5 Å². The SMILES string of the molecule is CCOC(=O)C1=C(c2ccco2)OC(Cc2ccc(C#N)cc2)C1. The van der Waals surface area contributed by atoms with E-state index in [-0.39, 0.29) is 12.1 Å². The van der Waals surface area contributed by atoms with Crippen molar-refractivity contribution in [1.82, 2.24) is 0 Å². The zero-order chi connectivity index (χ0) is 16.9. The van der Waals surface area contributed by atoms with E-state index in [0.717, 1.165) is 5.56 Å². The van der Waals surface area contributed by atoms with Crippen molar-refractivity contribution in [2.45, 2.75) is 25.9 Å². The van der Waals surface area contributed by atoms with Crippen LogP contribution in [0.4, 0.5) is 0 Å². The number of nitrogens with zero attached hydrogens (tertiary/aromatic N) is 1. The number of rotatable bonds is 5. The minimum Gasteiger partial charge on any atom is -0.485 e. The smallest absolute Gasteiger partial charge is 0.338 e. The molecule has 0 aliphatic carbocycles. The first-order chi connectivity index (χ1) is 11.7.